The van der Waals surface area contributed by atoms with E-state index in [1.807, 2.05) is 0 Å². The fourth-order valence-electron chi connectivity index (χ4n) is 1.71. The zero-order valence-electron chi connectivity index (χ0n) is 11.1. The number of halogens is 2. The van der Waals surface area contributed by atoms with Gasteiger partial charge in [0, 0.05) is 5.02 Å². The number of aliphatic hydroxyl groups is 1. The van der Waals surface area contributed by atoms with E-state index in [9.17, 15) is 12.8 Å². The van der Waals surface area contributed by atoms with E-state index in [2.05, 4.69) is 4.72 Å². The fourth-order valence-corrected chi connectivity index (χ4v) is 2.99. The minimum absolute atomic E-state index is 0.0584. The first-order valence-corrected chi connectivity index (χ1v) is 7.88. The van der Waals surface area contributed by atoms with Crippen LogP contribution in [0.5, 0.6) is 0 Å². The Morgan fingerprint density at radius 1 is 1.24 bits per heavy atom. The maximum absolute atomic E-state index is 13.4. The molecule has 2 N–H and O–H groups in total. The second-order valence-electron chi connectivity index (χ2n) is 4.48. The van der Waals surface area contributed by atoms with Gasteiger partial charge in [-0.3, -0.25) is 4.72 Å². The highest BCUT2D eigenvalue weighted by atomic mass is 35.5. The molecule has 0 amide bonds. The molecule has 2 aromatic rings. The minimum atomic E-state index is -3.88. The second kappa shape index (κ2) is 6.01. The molecule has 4 nitrogen and oxygen atoms in total. The summed E-state index contributed by atoms with van der Waals surface area (Å²) in [5.74, 6) is -0.498. The molecule has 0 atom stereocenters. The quantitative estimate of drug-likeness (QED) is 0.906. The number of benzene rings is 2. The molecule has 0 heterocycles. The molecule has 0 bridgehead atoms. The molecule has 0 radical (unpaired) electrons. The summed E-state index contributed by atoms with van der Waals surface area (Å²) in [6, 6.07) is 8.03. The first-order valence-electron chi connectivity index (χ1n) is 6.02. The first kappa shape index (κ1) is 15.8. The van der Waals surface area contributed by atoms with Crippen molar-refractivity contribution in [2.24, 2.45) is 0 Å². The lowest BCUT2D eigenvalue weighted by molar-refractivity contribution is 0.281. The Kier molecular flexibility index (Phi) is 4.51. The number of aryl methyl sites for hydroxylation is 1. The molecule has 0 aliphatic rings. The summed E-state index contributed by atoms with van der Waals surface area (Å²) >= 11 is 5.82. The van der Waals surface area contributed by atoms with Gasteiger partial charge in [-0.15, -0.1) is 0 Å². The van der Waals surface area contributed by atoms with Gasteiger partial charge in [-0.25, -0.2) is 12.8 Å². The number of sulfonamides is 1. The summed E-state index contributed by atoms with van der Waals surface area (Å²) in [5, 5.41) is 9.39. The second-order valence-corrected chi connectivity index (χ2v) is 6.57. The number of hydrogen-bond donors (Lipinski definition) is 2. The van der Waals surface area contributed by atoms with Crippen LogP contribution in [-0.2, 0) is 16.6 Å². The predicted molar refractivity (Wildman–Crippen MR) is 79.3 cm³/mol. The summed E-state index contributed by atoms with van der Waals surface area (Å²) in [6.45, 7) is 1.21. The van der Waals surface area contributed by atoms with Crippen molar-refractivity contribution < 1.29 is 17.9 Å². The van der Waals surface area contributed by atoms with Crippen LogP contribution < -0.4 is 4.72 Å². The van der Waals surface area contributed by atoms with Gasteiger partial charge in [0.25, 0.3) is 10.0 Å². The van der Waals surface area contributed by atoms with Gasteiger partial charge in [0.05, 0.1) is 17.2 Å². The van der Waals surface area contributed by atoms with Crippen molar-refractivity contribution in [3.63, 3.8) is 0 Å². The molecule has 0 aromatic heterocycles. The molecule has 0 aliphatic carbocycles. The Morgan fingerprint density at radius 2 is 1.95 bits per heavy atom. The van der Waals surface area contributed by atoms with Crippen LogP contribution in [0, 0.1) is 12.7 Å². The summed E-state index contributed by atoms with van der Waals surface area (Å²) in [4.78, 5) is -0.0584. The molecule has 0 saturated heterocycles. The van der Waals surface area contributed by atoms with Crippen molar-refractivity contribution in [3.8, 4) is 0 Å². The number of rotatable bonds is 4. The van der Waals surface area contributed by atoms with Crippen molar-refractivity contribution in [1.82, 2.24) is 0 Å². The third-order valence-electron chi connectivity index (χ3n) is 2.92. The average Bonchev–Trinajstić information content (AvgIpc) is 2.43. The van der Waals surface area contributed by atoms with E-state index >= 15 is 0 Å². The molecule has 2 aromatic carbocycles. The molecular formula is C14H13ClFNO3S. The zero-order valence-corrected chi connectivity index (χ0v) is 12.7. The smallest absolute Gasteiger partial charge is 0.261 e. The average molecular weight is 330 g/mol. The lowest BCUT2D eigenvalue weighted by atomic mass is 10.2. The van der Waals surface area contributed by atoms with Crippen molar-refractivity contribution in [1.29, 1.82) is 0 Å². The number of nitrogens with one attached hydrogen (secondary N) is 1. The summed E-state index contributed by atoms with van der Waals surface area (Å²) < 4.78 is 40.2. The van der Waals surface area contributed by atoms with Crippen LogP contribution in [0.25, 0.3) is 0 Å². The largest absolute Gasteiger partial charge is 0.392 e. The minimum Gasteiger partial charge on any atom is -0.392 e. The normalized spacial score (nSPS) is 11.4. The third kappa shape index (κ3) is 3.53. The van der Waals surface area contributed by atoms with Gasteiger partial charge >= 0.3 is 0 Å². The Bertz CT molecular complexity index is 778. The molecule has 21 heavy (non-hydrogen) atoms. The lowest BCUT2D eigenvalue weighted by Crippen LogP contribution is -2.13. The summed E-state index contributed by atoms with van der Waals surface area (Å²) in [6.07, 6.45) is 0. The molecule has 0 unspecified atom stereocenters. The van der Waals surface area contributed by atoms with Crippen molar-refractivity contribution in [3.05, 3.63) is 58.4 Å². The first-order chi connectivity index (χ1) is 9.83. The standard InChI is InChI=1S/C14H13ClFNO3S/c1-9-2-3-11(7-14(9)16)17-21(19,20)12-4-5-13(15)10(6-12)8-18/h2-7,17-18H,8H2,1H3. The van der Waals surface area contributed by atoms with Crippen LogP contribution in [0.2, 0.25) is 5.02 Å². The molecule has 7 heteroatoms. The summed E-state index contributed by atoms with van der Waals surface area (Å²) in [7, 11) is -3.88. The molecule has 0 fully saturated rings. The predicted octanol–water partition coefficient (Wildman–Crippen LogP) is 3.08. The Labute approximate surface area is 127 Å². The van der Waals surface area contributed by atoms with Gasteiger partial charge in [-0.1, -0.05) is 17.7 Å². The van der Waals surface area contributed by atoms with Crippen LogP contribution in [0.3, 0.4) is 0 Å². The van der Waals surface area contributed by atoms with Gasteiger partial charge in [-0.05, 0) is 48.4 Å². The van der Waals surface area contributed by atoms with E-state index in [1.54, 1.807) is 6.92 Å². The maximum atomic E-state index is 13.4. The number of hydrogen-bond acceptors (Lipinski definition) is 3. The van der Waals surface area contributed by atoms with Crippen molar-refractivity contribution >= 4 is 27.3 Å². The lowest BCUT2D eigenvalue weighted by Gasteiger charge is -2.10. The third-order valence-corrected chi connectivity index (χ3v) is 4.67. The van der Waals surface area contributed by atoms with Gasteiger partial charge in [0.2, 0.25) is 0 Å². The van der Waals surface area contributed by atoms with Crippen LogP contribution >= 0.6 is 11.6 Å². The topological polar surface area (TPSA) is 66.4 Å². The van der Waals surface area contributed by atoms with Crippen molar-refractivity contribution in [2.75, 3.05) is 4.72 Å². The Morgan fingerprint density at radius 3 is 2.57 bits per heavy atom. The van der Waals surface area contributed by atoms with Crippen LogP contribution in [0.1, 0.15) is 11.1 Å². The molecule has 112 valence electrons. The van der Waals surface area contributed by atoms with Gasteiger partial charge in [0.15, 0.2) is 0 Å². The number of aliphatic hydroxyl groups excluding tert-OH is 1. The van der Waals surface area contributed by atoms with Gasteiger partial charge in [0.1, 0.15) is 5.82 Å². The summed E-state index contributed by atoms with van der Waals surface area (Å²) in [5.41, 5.74) is 0.847. The van der Waals surface area contributed by atoms with Crippen molar-refractivity contribution in [2.45, 2.75) is 18.4 Å². The van der Waals surface area contributed by atoms with Crippen LogP contribution in [-0.4, -0.2) is 13.5 Å². The van der Waals surface area contributed by atoms with E-state index in [4.69, 9.17) is 16.7 Å². The van der Waals surface area contributed by atoms with Crippen LogP contribution in [0.4, 0.5) is 10.1 Å². The maximum Gasteiger partial charge on any atom is 0.261 e. The Balaban J connectivity index is 2.35. The Hall–Kier alpha value is -1.63. The number of anilines is 1. The zero-order chi connectivity index (χ0) is 15.6. The van der Waals surface area contributed by atoms with E-state index in [0.29, 0.717) is 11.1 Å². The molecule has 0 spiro atoms. The molecule has 0 saturated carbocycles. The monoisotopic (exact) mass is 329 g/mol. The molecule has 2 rings (SSSR count). The van der Waals surface area contributed by atoms with E-state index in [1.165, 1.54) is 30.3 Å². The molecule has 0 aliphatic heterocycles. The molecular weight excluding hydrogens is 317 g/mol. The van der Waals surface area contributed by atoms with E-state index < -0.39 is 15.8 Å². The van der Waals surface area contributed by atoms with E-state index in [-0.39, 0.29) is 22.2 Å². The van der Waals surface area contributed by atoms with E-state index in [0.717, 1.165) is 6.07 Å². The SMILES string of the molecule is Cc1ccc(NS(=O)(=O)c2ccc(Cl)c(CO)c2)cc1F. The highest BCUT2D eigenvalue weighted by Gasteiger charge is 2.16. The van der Waals surface area contributed by atoms with Crippen LogP contribution in [0.15, 0.2) is 41.3 Å². The fraction of sp³-hybridized carbons (Fsp3) is 0.143. The van der Waals surface area contributed by atoms with Gasteiger partial charge < -0.3 is 5.11 Å². The highest BCUT2D eigenvalue weighted by Crippen LogP contribution is 2.23. The highest BCUT2D eigenvalue weighted by molar-refractivity contribution is 7.92. The van der Waals surface area contributed by atoms with Gasteiger partial charge in [-0.2, -0.15) is 0 Å².